The number of esters is 3. The summed E-state index contributed by atoms with van der Waals surface area (Å²) in [6, 6.07) is 19.0. The molecule has 0 spiro atoms. The van der Waals surface area contributed by atoms with Crippen molar-refractivity contribution < 1.29 is 38.1 Å². The van der Waals surface area contributed by atoms with Crippen molar-refractivity contribution in [2.75, 3.05) is 6.61 Å². The molecular formula is C34H46O8. The third-order valence-electron chi connectivity index (χ3n) is 6.75. The first kappa shape index (κ1) is 33.3. The molecule has 0 saturated carbocycles. The van der Waals surface area contributed by atoms with E-state index in [1.807, 2.05) is 60.7 Å². The first-order chi connectivity index (χ1) is 19.5. The Balaban J connectivity index is 2.11. The van der Waals surface area contributed by atoms with Crippen LogP contribution in [0, 0.1) is 16.2 Å². The van der Waals surface area contributed by atoms with Crippen LogP contribution in [0.1, 0.15) is 79.5 Å². The van der Waals surface area contributed by atoms with Gasteiger partial charge in [0.1, 0.15) is 24.9 Å². The predicted octanol–water partition coefficient (Wildman–Crippen LogP) is 6.22. The van der Waals surface area contributed by atoms with Crippen molar-refractivity contribution in [3.63, 3.8) is 0 Å². The van der Waals surface area contributed by atoms with Gasteiger partial charge in [-0.15, -0.1) is 0 Å². The second-order valence-electron chi connectivity index (χ2n) is 13.9. The fourth-order valence-corrected chi connectivity index (χ4v) is 4.16. The summed E-state index contributed by atoms with van der Waals surface area (Å²) in [5.41, 5.74) is -0.779. The van der Waals surface area contributed by atoms with Gasteiger partial charge in [-0.25, -0.2) is 0 Å². The van der Waals surface area contributed by atoms with Crippen LogP contribution in [0.5, 0.6) is 0 Å². The Hall–Kier alpha value is -3.23. The molecule has 0 unspecified atom stereocenters. The van der Waals surface area contributed by atoms with Gasteiger partial charge in [0.2, 0.25) is 0 Å². The van der Waals surface area contributed by atoms with Gasteiger partial charge in [-0.1, -0.05) is 60.7 Å². The number of hydrogen-bond acceptors (Lipinski definition) is 8. The van der Waals surface area contributed by atoms with Gasteiger partial charge in [-0.05, 0) is 73.4 Å². The molecule has 1 aliphatic heterocycles. The summed E-state index contributed by atoms with van der Waals surface area (Å²) < 4.78 is 31.0. The summed E-state index contributed by atoms with van der Waals surface area (Å²) in [6.45, 7) is 15.7. The fraction of sp³-hybridized carbons (Fsp3) is 0.559. The second kappa shape index (κ2) is 13.4. The third kappa shape index (κ3) is 8.88. The highest BCUT2D eigenvalue weighted by Crippen LogP contribution is 2.39. The summed E-state index contributed by atoms with van der Waals surface area (Å²) in [7, 11) is 0. The van der Waals surface area contributed by atoms with Crippen LogP contribution in [0.3, 0.4) is 0 Å². The van der Waals surface area contributed by atoms with E-state index in [-0.39, 0.29) is 13.2 Å². The van der Waals surface area contributed by atoms with Crippen molar-refractivity contribution in [2.45, 2.75) is 99.4 Å². The second-order valence-corrected chi connectivity index (χ2v) is 13.9. The van der Waals surface area contributed by atoms with Crippen LogP contribution in [0.25, 0.3) is 0 Å². The van der Waals surface area contributed by atoms with Gasteiger partial charge in [0, 0.05) is 0 Å². The summed E-state index contributed by atoms with van der Waals surface area (Å²) in [5, 5.41) is 0. The molecule has 3 rings (SSSR count). The molecule has 0 amide bonds. The minimum Gasteiger partial charge on any atom is -0.462 e. The quantitative estimate of drug-likeness (QED) is 0.267. The van der Waals surface area contributed by atoms with Crippen LogP contribution >= 0.6 is 0 Å². The van der Waals surface area contributed by atoms with E-state index in [0.717, 1.165) is 11.1 Å². The largest absolute Gasteiger partial charge is 0.462 e. The molecule has 0 N–H and O–H groups in total. The molecule has 1 saturated heterocycles. The van der Waals surface area contributed by atoms with E-state index in [1.165, 1.54) is 0 Å². The Morgan fingerprint density at radius 1 is 0.643 bits per heavy atom. The summed E-state index contributed by atoms with van der Waals surface area (Å²) in [6.07, 6.45) is -4.70. The van der Waals surface area contributed by atoms with Gasteiger partial charge in [0.25, 0.3) is 0 Å². The standard InChI is InChI=1S/C34H46O8/c1-32(2,3)29(35)39-21-24-26(41-30(36)33(4,5)6)28(42-31(37)34(7,8)9)27(38-20-22-16-12-10-13-17-22)25(40-24)23-18-14-11-15-19-23/h10-19,24-28H,20-21H2,1-9H3/t24-,25+,26-,27+,28+/m1/s1. The van der Waals surface area contributed by atoms with E-state index in [1.54, 1.807) is 62.3 Å². The lowest BCUT2D eigenvalue weighted by molar-refractivity contribution is -0.265. The van der Waals surface area contributed by atoms with Crippen molar-refractivity contribution in [2.24, 2.45) is 16.2 Å². The molecule has 5 atom stereocenters. The maximum absolute atomic E-state index is 13.4. The maximum atomic E-state index is 13.4. The Morgan fingerprint density at radius 3 is 1.62 bits per heavy atom. The van der Waals surface area contributed by atoms with E-state index in [4.69, 9.17) is 23.7 Å². The van der Waals surface area contributed by atoms with Crippen LogP contribution in [0.15, 0.2) is 60.7 Å². The van der Waals surface area contributed by atoms with E-state index in [0.29, 0.717) is 0 Å². The van der Waals surface area contributed by atoms with E-state index in [9.17, 15) is 14.4 Å². The Bertz CT molecular complexity index is 1190. The van der Waals surface area contributed by atoms with Crippen molar-refractivity contribution in [3.05, 3.63) is 71.8 Å². The van der Waals surface area contributed by atoms with E-state index >= 15 is 0 Å². The van der Waals surface area contributed by atoms with Crippen LogP contribution in [0.4, 0.5) is 0 Å². The number of carbonyl (C=O) groups is 3. The Labute approximate surface area is 250 Å². The van der Waals surface area contributed by atoms with E-state index in [2.05, 4.69) is 0 Å². The highest BCUT2D eigenvalue weighted by Gasteiger charge is 2.53. The topological polar surface area (TPSA) is 97.4 Å². The lowest BCUT2D eigenvalue weighted by Gasteiger charge is -2.46. The number of hydrogen-bond donors (Lipinski definition) is 0. The van der Waals surface area contributed by atoms with Crippen LogP contribution < -0.4 is 0 Å². The summed E-state index contributed by atoms with van der Waals surface area (Å²) in [4.78, 5) is 39.4. The molecule has 1 fully saturated rings. The number of ether oxygens (including phenoxy) is 5. The average molecular weight is 583 g/mol. The average Bonchev–Trinajstić information content (AvgIpc) is 2.91. The maximum Gasteiger partial charge on any atom is 0.311 e. The first-order valence-corrected chi connectivity index (χ1v) is 14.4. The zero-order valence-electron chi connectivity index (χ0n) is 26.3. The highest BCUT2D eigenvalue weighted by molar-refractivity contribution is 5.77. The van der Waals surface area contributed by atoms with Gasteiger partial charge in [0.05, 0.1) is 22.9 Å². The minimum atomic E-state index is -1.11. The molecule has 2 aromatic carbocycles. The molecule has 8 heteroatoms. The number of benzene rings is 2. The molecule has 0 radical (unpaired) electrons. The molecule has 0 aliphatic carbocycles. The smallest absolute Gasteiger partial charge is 0.311 e. The Kier molecular flexibility index (Phi) is 10.6. The van der Waals surface area contributed by atoms with Gasteiger partial charge in [0.15, 0.2) is 12.2 Å². The molecule has 8 nitrogen and oxygen atoms in total. The first-order valence-electron chi connectivity index (χ1n) is 14.4. The van der Waals surface area contributed by atoms with Crippen molar-refractivity contribution >= 4 is 17.9 Å². The molecule has 0 aromatic heterocycles. The molecule has 0 bridgehead atoms. The molecule has 1 aliphatic rings. The van der Waals surface area contributed by atoms with Gasteiger partial charge in [-0.2, -0.15) is 0 Å². The molecule has 1 heterocycles. The molecule has 2 aromatic rings. The van der Waals surface area contributed by atoms with Gasteiger partial charge < -0.3 is 23.7 Å². The SMILES string of the molecule is CC(C)(C)C(=O)OC[C@H]1O[C@@H](c2ccccc2)[C@H](OCc2ccccc2)[C@@H](OC(=O)C(C)(C)C)[C@@H]1OC(=O)C(C)(C)C. The van der Waals surface area contributed by atoms with Crippen LogP contribution in [-0.4, -0.2) is 48.9 Å². The van der Waals surface area contributed by atoms with Crippen molar-refractivity contribution in [1.29, 1.82) is 0 Å². The van der Waals surface area contributed by atoms with Crippen molar-refractivity contribution in [3.8, 4) is 0 Å². The van der Waals surface area contributed by atoms with Crippen LogP contribution in [0.2, 0.25) is 0 Å². The molecule has 230 valence electrons. The van der Waals surface area contributed by atoms with Crippen LogP contribution in [-0.2, 0) is 44.7 Å². The monoisotopic (exact) mass is 582 g/mol. The number of carbonyl (C=O) groups excluding carboxylic acids is 3. The lowest BCUT2D eigenvalue weighted by atomic mass is 9.89. The highest BCUT2D eigenvalue weighted by atomic mass is 16.6. The van der Waals surface area contributed by atoms with Crippen molar-refractivity contribution in [1.82, 2.24) is 0 Å². The Morgan fingerprint density at radius 2 is 1.12 bits per heavy atom. The lowest BCUT2D eigenvalue weighted by Crippen LogP contribution is -2.60. The molecule has 42 heavy (non-hydrogen) atoms. The molecular weight excluding hydrogens is 536 g/mol. The van der Waals surface area contributed by atoms with E-state index < -0.39 is 64.7 Å². The third-order valence-corrected chi connectivity index (χ3v) is 6.75. The normalized spacial score (nSPS) is 23.1. The zero-order chi connectivity index (χ0) is 31.3. The van der Waals surface area contributed by atoms with Gasteiger partial charge >= 0.3 is 17.9 Å². The minimum absolute atomic E-state index is 0.200. The predicted molar refractivity (Wildman–Crippen MR) is 158 cm³/mol. The zero-order valence-corrected chi connectivity index (χ0v) is 26.3. The van der Waals surface area contributed by atoms with Gasteiger partial charge in [-0.3, -0.25) is 14.4 Å². The number of rotatable bonds is 8. The summed E-state index contributed by atoms with van der Waals surface area (Å²) >= 11 is 0. The summed E-state index contributed by atoms with van der Waals surface area (Å²) in [5.74, 6) is -1.44. The fourth-order valence-electron chi connectivity index (χ4n) is 4.16.